The van der Waals surface area contributed by atoms with Crippen LogP contribution in [0.1, 0.15) is 30.9 Å². The molecule has 2 heteroatoms. The van der Waals surface area contributed by atoms with Crippen molar-refractivity contribution < 1.29 is 5.11 Å². The number of aliphatic hydroxyl groups excluding tert-OH is 1. The van der Waals surface area contributed by atoms with E-state index in [0.717, 1.165) is 11.4 Å². The minimum atomic E-state index is -0.233. The van der Waals surface area contributed by atoms with Crippen LogP contribution in [0.5, 0.6) is 0 Å². The molecular formula is C12H15ClO. The molecule has 0 spiro atoms. The Morgan fingerprint density at radius 1 is 1.43 bits per heavy atom. The summed E-state index contributed by atoms with van der Waals surface area (Å²) >= 11 is 5.92. The van der Waals surface area contributed by atoms with Gasteiger partial charge in [-0.25, -0.2) is 0 Å². The molecule has 0 saturated heterocycles. The number of rotatable bonds is 1. The van der Waals surface area contributed by atoms with Gasteiger partial charge in [-0.1, -0.05) is 31.5 Å². The van der Waals surface area contributed by atoms with Crippen LogP contribution in [0.15, 0.2) is 18.2 Å². The molecule has 1 aromatic carbocycles. The summed E-state index contributed by atoms with van der Waals surface area (Å²) < 4.78 is 0. The van der Waals surface area contributed by atoms with Crippen molar-refractivity contribution in [2.24, 2.45) is 5.92 Å². The predicted octanol–water partition coefficient (Wildman–Crippen LogP) is 3.00. The predicted molar refractivity (Wildman–Crippen MR) is 58.7 cm³/mol. The first-order valence-corrected chi connectivity index (χ1v) is 5.44. The molecule has 1 aliphatic carbocycles. The van der Waals surface area contributed by atoms with Gasteiger partial charge in [-0.15, -0.1) is 0 Å². The van der Waals surface area contributed by atoms with Crippen LogP contribution in [0.2, 0.25) is 5.02 Å². The molecule has 2 rings (SSSR count). The third-order valence-corrected chi connectivity index (χ3v) is 3.26. The molecule has 2 atom stereocenters. The standard InChI is InChI=1S/C12H15ClO/c1-7(2)12-10-4-3-9(13)5-8(10)6-11(12)14/h3-5,7,11-12,14H,6H2,1-2H3. The smallest absolute Gasteiger partial charge is 0.0651 e. The van der Waals surface area contributed by atoms with Gasteiger partial charge in [0.15, 0.2) is 0 Å². The number of halogens is 1. The van der Waals surface area contributed by atoms with Crippen molar-refractivity contribution in [1.29, 1.82) is 0 Å². The normalized spacial score (nSPS) is 25.5. The van der Waals surface area contributed by atoms with Crippen molar-refractivity contribution in [3.8, 4) is 0 Å². The molecule has 0 saturated carbocycles. The second kappa shape index (κ2) is 3.56. The Bertz CT molecular complexity index is 346. The van der Waals surface area contributed by atoms with E-state index in [-0.39, 0.29) is 12.0 Å². The monoisotopic (exact) mass is 210 g/mol. The Labute approximate surface area is 89.7 Å². The molecule has 0 bridgehead atoms. The third kappa shape index (κ3) is 1.55. The molecule has 1 N–H and O–H groups in total. The van der Waals surface area contributed by atoms with Crippen LogP contribution in [0.3, 0.4) is 0 Å². The first-order chi connectivity index (χ1) is 6.59. The Morgan fingerprint density at radius 3 is 2.79 bits per heavy atom. The van der Waals surface area contributed by atoms with Gasteiger partial charge in [-0.2, -0.15) is 0 Å². The van der Waals surface area contributed by atoms with Crippen molar-refractivity contribution in [2.45, 2.75) is 32.3 Å². The Balaban J connectivity index is 2.42. The lowest BCUT2D eigenvalue weighted by Gasteiger charge is -2.19. The lowest BCUT2D eigenvalue weighted by molar-refractivity contribution is 0.136. The van der Waals surface area contributed by atoms with Crippen molar-refractivity contribution in [1.82, 2.24) is 0 Å². The topological polar surface area (TPSA) is 20.2 Å². The minimum Gasteiger partial charge on any atom is -0.392 e. The Morgan fingerprint density at radius 2 is 2.14 bits per heavy atom. The summed E-state index contributed by atoms with van der Waals surface area (Å²) in [5.41, 5.74) is 2.49. The zero-order valence-corrected chi connectivity index (χ0v) is 9.25. The summed E-state index contributed by atoms with van der Waals surface area (Å²) in [6.45, 7) is 4.30. The highest BCUT2D eigenvalue weighted by Crippen LogP contribution is 2.39. The van der Waals surface area contributed by atoms with E-state index in [1.165, 1.54) is 11.1 Å². The van der Waals surface area contributed by atoms with E-state index in [1.54, 1.807) is 0 Å². The van der Waals surface area contributed by atoms with Crippen molar-refractivity contribution in [3.05, 3.63) is 34.3 Å². The van der Waals surface area contributed by atoms with Crippen molar-refractivity contribution in [3.63, 3.8) is 0 Å². The van der Waals surface area contributed by atoms with Gasteiger partial charge < -0.3 is 5.11 Å². The maximum absolute atomic E-state index is 9.93. The first kappa shape index (κ1) is 10.0. The van der Waals surface area contributed by atoms with Crippen LogP contribution in [0.4, 0.5) is 0 Å². The average molecular weight is 211 g/mol. The summed E-state index contributed by atoms with van der Waals surface area (Å²) in [7, 11) is 0. The van der Waals surface area contributed by atoms with Gasteiger partial charge in [0.05, 0.1) is 6.10 Å². The van der Waals surface area contributed by atoms with Gasteiger partial charge in [-0.05, 0) is 35.6 Å². The van der Waals surface area contributed by atoms with Gasteiger partial charge in [0, 0.05) is 10.9 Å². The van der Waals surface area contributed by atoms with E-state index in [1.807, 2.05) is 12.1 Å². The summed E-state index contributed by atoms with van der Waals surface area (Å²) in [6.07, 6.45) is 0.516. The molecule has 0 amide bonds. The van der Waals surface area contributed by atoms with Crippen LogP contribution in [0.25, 0.3) is 0 Å². The molecule has 2 unspecified atom stereocenters. The number of fused-ring (bicyclic) bond motifs is 1. The molecule has 0 fully saturated rings. The van der Waals surface area contributed by atoms with Gasteiger partial charge in [0.25, 0.3) is 0 Å². The molecular weight excluding hydrogens is 196 g/mol. The van der Waals surface area contributed by atoms with Gasteiger partial charge in [-0.3, -0.25) is 0 Å². The molecule has 76 valence electrons. The van der Waals surface area contributed by atoms with Crippen LogP contribution < -0.4 is 0 Å². The SMILES string of the molecule is CC(C)C1c2ccc(Cl)cc2CC1O. The highest BCUT2D eigenvalue weighted by atomic mass is 35.5. The molecule has 1 aromatic rings. The van der Waals surface area contributed by atoms with Gasteiger partial charge in [0.2, 0.25) is 0 Å². The summed E-state index contributed by atoms with van der Waals surface area (Å²) in [4.78, 5) is 0. The quantitative estimate of drug-likeness (QED) is 0.756. The van der Waals surface area contributed by atoms with E-state index in [0.29, 0.717) is 5.92 Å². The largest absolute Gasteiger partial charge is 0.392 e. The van der Waals surface area contributed by atoms with Crippen LogP contribution in [0, 0.1) is 5.92 Å². The minimum absolute atomic E-state index is 0.233. The van der Waals surface area contributed by atoms with Crippen molar-refractivity contribution in [2.75, 3.05) is 0 Å². The maximum atomic E-state index is 9.93. The fraction of sp³-hybridized carbons (Fsp3) is 0.500. The van der Waals surface area contributed by atoms with Crippen LogP contribution in [-0.4, -0.2) is 11.2 Å². The molecule has 14 heavy (non-hydrogen) atoms. The first-order valence-electron chi connectivity index (χ1n) is 5.06. The van der Waals surface area contributed by atoms with Gasteiger partial charge >= 0.3 is 0 Å². The van der Waals surface area contributed by atoms with Crippen LogP contribution in [-0.2, 0) is 6.42 Å². The zero-order valence-electron chi connectivity index (χ0n) is 8.50. The molecule has 0 radical (unpaired) electrons. The van der Waals surface area contributed by atoms with E-state index in [4.69, 9.17) is 11.6 Å². The van der Waals surface area contributed by atoms with E-state index in [9.17, 15) is 5.11 Å². The third-order valence-electron chi connectivity index (χ3n) is 3.03. The fourth-order valence-corrected chi connectivity index (χ4v) is 2.63. The summed E-state index contributed by atoms with van der Waals surface area (Å²) in [5.74, 6) is 0.759. The molecule has 0 aliphatic heterocycles. The molecule has 1 aliphatic rings. The van der Waals surface area contributed by atoms with Crippen LogP contribution >= 0.6 is 11.6 Å². The van der Waals surface area contributed by atoms with E-state index in [2.05, 4.69) is 19.9 Å². The molecule has 0 aromatic heterocycles. The highest BCUT2D eigenvalue weighted by Gasteiger charge is 2.32. The number of aliphatic hydroxyl groups is 1. The lowest BCUT2D eigenvalue weighted by atomic mass is 9.89. The molecule has 0 heterocycles. The second-order valence-corrected chi connectivity index (χ2v) is 4.82. The average Bonchev–Trinajstić information content (AvgIpc) is 2.39. The Kier molecular flexibility index (Phi) is 2.54. The number of hydrogen-bond acceptors (Lipinski definition) is 1. The maximum Gasteiger partial charge on any atom is 0.0651 e. The summed E-state index contributed by atoms with van der Waals surface area (Å²) in [6, 6.07) is 5.94. The van der Waals surface area contributed by atoms with E-state index >= 15 is 0 Å². The summed E-state index contributed by atoms with van der Waals surface area (Å²) in [5, 5.41) is 10.7. The number of hydrogen-bond donors (Lipinski definition) is 1. The molecule has 1 nitrogen and oxygen atoms in total. The van der Waals surface area contributed by atoms with Crippen molar-refractivity contribution >= 4 is 11.6 Å². The van der Waals surface area contributed by atoms with Gasteiger partial charge in [0.1, 0.15) is 0 Å². The zero-order chi connectivity index (χ0) is 10.3. The number of benzene rings is 1. The van der Waals surface area contributed by atoms with E-state index < -0.39 is 0 Å². The highest BCUT2D eigenvalue weighted by molar-refractivity contribution is 6.30. The lowest BCUT2D eigenvalue weighted by Crippen LogP contribution is -2.18. The second-order valence-electron chi connectivity index (χ2n) is 4.38. The Hall–Kier alpha value is -0.530. The fourth-order valence-electron chi connectivity index (χ4n) is 2.44.